The van der Waals surface area contributed by atoms with Gasteiger partial charge in [0.2, 0.25) is 0 Å². The van der Waals surface area contributed by atoms with Crippen molar-refractivity contribution >= 4 is 104 Å². The molecule has 0 aromatic heterocycles. The number of fused-ring (bicyclic) bond motifs is 2. The fourth-order valence-corrected chi connectivity index (χ4v) is 10.5. The van der Waals surface area contributed by atoms with Crippen molar-refractivity contribution in [1.29, 1.82) is 0 Å². The quantitative estimate of drug-likeness (QED) is 0.0968. The number of hydrogen-bond donors (Lipinski definition) is 2. The molecule has 6 aromatic rings. The van der Waals surface area contributed by atoms with Crippen LogP contribution in [0.15, 0.2) is 115 Å². The molecule has 35 heteroatoms. The van der Waals surface area contributed by atoms with E-state index in [1.54, 1.807) is 0 Å². The summed E-state index contributed by atoms with van der Waals surface area (Å²) in [5, 5.41) is 4.19. The van der Waals surface area contributed by atoms with Crippen molar-refractivity contribution in [2.45, 2.75) is 55.1 Å². The molecule has 2 aliphatic heterocycles. The summed E-state index contributed by atoms with van der Waals surface area (Å²) in [5.41, 5.74) is -18.7. The number of nitrogens with one attached hydrogen (secondary N) is 2. The summed E-state index contributed by atoms with van der Waals surface area (Å²) in [6.07, 6.45) is -34.1. The maximum atomic E-state index is 15.4. The molecule has 0 saturated heterocycles. The molecule has 0 aliphatic carbocycles. The highest BCUT2D eigenvalue weighted by Crippen LogP contribution is 2.56. The Balaban J connectivity index is 0.000000244. The number of benzene rings is 6. The molecule has 0 fully saturated rings. The molecular formula is C50H23Br4F20N3O8. The van der Waals surface area contributed by atoms with Crippen molar-refractivity contribution < 1.29 is 126 Å². The van der Waals surface area contributed by atoms with Crippen LogP contribution in [0.5, 0.6) is 23.0 Å². The summed E-state index contributed by atoms with van der Waals surface area (Å²) < 4.78 is 285. The lowest BCUT2D eigenvalue weighted by molar-refractivity contribution is -0.349. The topological polar surface area (TPSA) is 132 Å². The van der Waals surface area contributed by atoms with Gasteiger partial charge in [0.25, 0.3) is 17.7 Å². The Kier molecular flexibility index (Phi) is 17.8. The van der Waals surface area contributed by atoms with E-state index < -0.39 is 159 Å². The first-order chi connectivity index (χ1) is 38.9. The molecule has 0 saturated carbocycles. The van der Waals surface area contributed by atoms with Crippen molar-refractivity contribution in [2.24, 2.45) is 0 Å². The summed E-state index contributed by atoms with van der Waals surface area (Å²) in [4.78, 5) is 52.1. The molecule has 3 amide bonds. The molecule has 0 spiro atoms. The van der Waals surface area contributed by atoms with Crippen LogP contribution in [-0.4, -0.2) is 67.8 Å². The molecule has 0 atom stereocenters. The van der Waals surface area contributed by atoms with E-state index >= 15 is 8.78 Å². The summed E-state index contributed by atoms with van der Waals surface area (Å²) in [7, 11) is 1.10. The number of hydrogen-bond acceptors (Lipinski definition) is 8. The highest BCUT2D eigenvalue weighted by atomic mass is 79.9. The van der Waals surface area contributed by atoms with Gasteiger partial charge in [-0.2, -0.15) is 52.7 Å². The zero-order valence-corrected chi connectivity index (χ0v) is 47.1. The molecule has 85 heavy (non-hydrogen) atoms. The SMILES string of the molecule is CN(C(=O)c1ccc2c(c1)OC(F)(F)O2)c1cccc(C(=O)Nc2c(Br)cc(C(F)(C(F)(F)F)C(F)(F)F)cc2Br)c1F.O=C(Cc1cccc(C(=O)Nc2c(Br)cc(C(F)(C(F)(F)F)C(F)(F)F)cc2Br)c1F)c1ccc2c(c1)OC(F)(F)O2. The molecule has 11 nitrogen and oxygen atoms in total. The maximum absolute atomic E-state index is 15.4. The number of ether oxygens (including phenoxy) is 4. The van der Waals surface area contributed by atoms with Gasteiger partial charge in [0, 0.05) is 53.6 Å². The van der Waals surface area contributed by atoms with E-state index in [9.17, 15) is 98.2 Å². The summed E-state index contributed by atoms with van der Waals surface area (Å²) in [6, 6.07) is 13.3. The van der Waals surface area contributed by atoms with Gasteiger partial charge in [-0.1, -0.05) is 18.2 Å². The van der Waals surface area contributed by atoms with Gasteiger partial charge in [-0.3, -0.25) is 19.2 Å². The number of ketones is 1. The highest BCUT2D eigenvalue weighted by molar-refractivity contribution is 9.11. The number of amides is 3. The highest BCUT2D eigenvalue weighted by Gasteiger charge is 2.74. The Labute approximate surface area is 494 Å². The first-order valence-electron chi connectivity index (χ1n) is 22.4. The fraction of sp³-hybridized carbons (Fsp3) is 0.200. The van der Waals surface area contributed by atoms with E-state index in [4.69, 9.17) is 0 Å². The predicted molar refractivity (Wildman–Crippen MR) is 268 cm³/mol. The van der Waals surface area contributed by atoms with Crippen LogP contribution >= 0.6 is 63.7 Å². The summed E-state index contributed by atoms with van der Waals surface area (Å²) in [6.45, 7) is 0. The van der Waals surface area contributed by atoms with Crippen LogP contribution in [0.25, 0.3) is 0 Å². The van der Waals surface area contributed by atoms with E-state index in [1.165, 1.54) is 6.07 Å². The fourth-order valence-electron chi connectivity index (χ4n) is 7.75. The van der Waals surface area contributed by atoms with Gasteiger partial charge in [0.05, 0.1) is 28.2 Å². The third-order valence-electron chi connectivity index (χ3n) is 11.9. The van der Waals surface area contributed by atoms with E-state index in [1.807, 2.05) is 0 Å². The van der Waals surface area contributed by atoms with Gasteiger partial charge in [-0.05, 0) is 148 Å². The second-order valence-electron chi connectivity index (χ2n) is 17.4. The van der Waals surface area contributed by atoms with E-state index in [0.29, 0.717) is 0 Å². The lowest BCUT2D eigenvalue weighted by Gasteiger charge is -2.31. The minimum absolute atomic E-state index is 0.154. The van der Waals surface area contributed by atoms with E-state index in [2.05, 4.69) is 93.3 Å². The molecule has 6 aromatic carbocycles. The third-order valence-corrected chi connectivity index (χ3v) is 14.4. The first-order valence-corrected chi connectivity index (χ1v) is 25.5. The van der Waals surface area contributed by atoms with Gasteiger partial charge in [0.1, 0.15) is 5.82 Å². The van der Waals surface area contributed by atoms with Crippen LogP contribution in [0.2, 0.25) is 0 Å². The van der Waals surface area contributed by atoms with Crippen LogP contribution in [0, 0.1) is 11.6 Å². The Bertz CT molecular complexity index is 3620. The number of halogens is 24. The second-order valence-corrected chi connectivity index (χ2v) is 20.8. The zero-order chi connectivity index (χ0) is 63.7. The van der Waals surface area contributed by atoms with Crippen molar-refractivity contribution in [2.75, 3.05) is 22.6 Å². The molecule has 454 valence electrons. The molecule has 8 rings (SSSR count). The monoisotopic (exact) mass is 1490 g/mol. The van der Waals surface area contributed by atoms with Gasteiger partial charge >= 0.3 is 48.6 Å². The molecule has 0 bridgehead atoms. The van der Waals surface area contributed by atoms with Crippen molar-refractivity contribution in [3.8, 4) is 23.0 Å². The second kappa shape index (κ2) is 23.1. The molecule has 0 radical (unpaired) electrons. The Morgan fingerprint density at radius 3 is 1.24 bits per heavy atom. The predicted octanol–water partition coefficient (Wildman–Crippen LogP) is 17.1. The number of anilines is 3. The van der Waals surface area contributed by atoms with Crippen molar-refractivity contribution in [3.63, 3.8) is 0 Å². The van der Waals surface area contributed by atoms with Crippen molar-refractivity contribution in [1.82, 2.24) is 0 Å². The van der Waals surface area contributed by atoms with Crippen LogP contribution < -0.4 is 34.5 Å². The lowest BCUT2D eigenvalue weighted by atomic mass is 9.94. The molecule has 2 aliphatic rings. The number of nitrogens with zero attached hydrogens (tertiary/aromatic N) is 1. The minimum Gasteiger partial charge on any atom is -0.395 e. The van der Waals surface area contributed by atoms with Gasteiger partial charge in [0.15, 0.2) is 34.6 Å². The van der Waals surface area contributed by atoms with E-state index in [-0.39, 0.29) is 52.5 Å². The van der Waals surface area contributed by atoms with Gasteiger partial charge < -0.3 is 34.5 Å². The number of carbonyl (C=O) groups excluding carboxylic acids is 4. The zero-order valence-electron chi connectivity index (χ0n) is 40.7. The van der Waals surface area contributed by atoms with Gasteiger partial charge in [-0.25, -0.2) is 17.6 Å². The Hall–Kier alpha value is -6.88. The smallest absolute Gasteiger partial charge is 0.395 e. The normalized spacial score (nSPS) is 14.5. The maximum Gasteiger partial charge on any atom is 0.586 e. The Morgan fingerprint density at radius 2 is 0.835 bits per heavy atom. The Morgan fingerprint density at radius 1 is 0.482 bits per heavy atom. The molecule has 2 heterocycles. The van der Waals surface area contributed by atoms with Crippen LogP contribution in [0.3, 0.4) is 0 Å². The average molecular weight is 1490 g/mol. The van der Waals surface area contributed by atoms with E-state index in [0.717, 1.165) is 78.7 Å². The standard InChI is InChI=1S/C25H12Br2F10N2O4.C25H11Br2F10NO4/c1-39(21(41)10-5-6-16-17(7-10)43-25(36,37)42-16)15-4-2-3-12(18(15)28)20(40)38-19-13(26)8-11(9-14(19)27)22(29,23(30,31)32)24(33,34)35;26-14-8-12(22(29,23(30,31)32)24(33,34)35)9-15(27)20(14)38-21(40)13-3-1-2-11(19(13)28)6-16(39)10-4-5-17-18(7-10)42-25(36,37)41-17/h2-9H,1H3,(H,38,40);1-5,7-9H,6H2,(H,38,40). The van der Waals surface area contributed by atoms with Crippen molar-refractivity contribution in [3.05, 3.63) is 166 Å². The number of rotatable bonds is 11. The lowest BCUT2D eigenvalue weighted by Crippen LogP contribution is -2.50. The van der Waals surface area contributed by atoms with Crippen LogP contribution in [-0.2, 0) is 17.8 Å². The van der Waals surface area contributed by atoms with Crippen LogP contribution in [0.1, 0.15) is 58.1 Å². The number of carbonyl (C=O) groups is 4. The molecular weight excluding hydrogens is 1470 g/mol. The van der Waals surface area contributed by atoms with Crippen LogP contribution in [0.4, 0.5) is 105 Å². The summed E-state index contributed by atoms with van der Waals surface area (Å²) in [5.74, 6) is -8.28. The summed E-state index contributed by atoms with van der Waals surface area (Å²) >= 11 is 10.8. The van der Waals surface area contributed by atoms with Gasteiger partial charge in [-0.15, -0.1) is 17.6 Å². The first kappa shape index (κ1) is 65.7. The third kappa shape index (κ3) is 13.0. The molecule has 2 N–H and O–H groups in total. The largest absolute Gasteiger partial charge is 0.586 e. The average Bonchev–Trinajstić information content (AvgIpc) is 1.82. The number of alkyl halides is 18. The minimum atomic E-state index is -6.40. The number of Topliss-reactive ketones (excluding diaryl/α,β-unsaturated/α-hetero) is 1. The molecule has 0 unspecified atom stereocenters.